The molecule has 0 aliphatic carbocycles. The van der Waals surface area contributed by atoms with Crippen molar-refractivity contribution in [1.29, 1.82) is 0 Å². The first-order valence-electron chi connectivity index (χ1n) is 9.57. The molecule has 0 aromatic carbocycles. The van der Waals surface area contributed by atoms with Crippen LogP contribution in [0.25, 0.3) is 6.08 Å². The molecule has 2 aliphatic rings. The van der Waals surface area contributed by atoms with E-state index < -0.39 is 6.04 Å². The van der Waals surface area contributed by atoms with E-state index in [1.54, 1.807) is 37.6 Å². The molecule has 150 valence electrons. The van der Waals surface area contributed by atoms with Gasteiger partial charge in [0.05, 0.1) is 17.2 Å². The zero-order valence-corrected chi connectivity index (χ0v) is 17.6. The number of carbonyl (C=O) groups is 2. The summed E-state index contributed by atoms with van der Waals surface area (Å²) in [7, 11) is 0. The second-order valence-electron chi connectivity index (χ2n) is 7.07. The molecule has 2 aliphatic heterocycles. The summed E-state index contributed by atoms with van der Waals surface area (Å²) in [4.78, 5) is 34.3. The molecule has 2 amide bonds. The summed E-state index contributed by atoms with van der Waals surface area (Å²) in [5, 5.41) is 0. The number of hydrogen-bond acceptors (Lipinski definition) is 6. The number of likely N-dealkylation sites (tertiary alicyclic amines) is 1. The van der Waals surface area contributed by atoms with Crippen LogP contribution in [0.1, 0.15) is 43.6 Å². The van der Waals surface area contributed by atoms with Gasteiger partial charge in [-0.25, -0.2) is 0 Å². The van der Waals surface area contributed by atoms with E-state index in [2.05, 4.69) is 4.98 Å². The van der Waals surface area contributed by atoms with Gasteiger partial charge in [0.15, 0.2) is 0 Å². The molecule has 2 aromatic heterocycles. The molecule has 2 saturated heterocycles. The Balaban J connectivity index is 1.55. The van der Waals surface area contributed by atoms with Crippen LogP contribution < -0.4 is 0 Å². The standard InChI is InChI=1S/C21H21N3O3S2/c1-14(24-20(26)18(29-21(24)28)12-16-7-5-11-27-16)19(25)23-10-3-2-8-17(23)15-6-4-9-22-13-15/h4-7,9,11-14,17H,2-3,8,10H2,1H3/b18-12-/t14-,17+/m1/s1. The van der Waals surface area contributed by atoms with Gasteiger partial charge in [-0.05, 0) is 49.9 Å². The van der Waals surface area contributed by atoms with E-state index in [9.17, 15) is 9.59 Å². The van der Waals surface area contributed by atoms with Crippen molar-refractivity contribution in [2.24, 2.45) is 0 Å². The van der Waals surface area contributed by atoms with Crippen molar-refractivity contribution in [3.05, 3.63) is 59.2 Å². The van der Waals surface area contributed by atoms with Gasteiger partial charge < -0.3 is 9.32 Å². The van der Waals surface area contributed by atoms with E-state index >= 15 is 0 Å². The normalized spacial score (nSPS) is 22.4. The number of carbonyl (C=O) groups excluding carboxylic acids is 2. The summed E-state index contributed by atoms with van der Waals surface area (Å²) in [6, 6.07) is 6.73. The lowest BCUT2D eigenvalue weighted by Gasteiger charge is -2.38. The summed E-state index contributed by atoms with van der Waals surface area (Å²) in [5.74, 6) is 0.235. The Morgan fingerprint density at radius 3 is 2.97 bits per heavy atom. The van der Waals surface area contributed by atoms with Gasteiger partial charge in [-0.2, -0.15) is 0 Å². The Labute approximate surface area is 179 Å². The number of aromatic nitrogens is 1. The number of hydrogen-bond donors (Lipinski definition) is 0. The summed E-state index contributed by atoms with van der Waals surface area (Å²) in [5.41, 5.74) is 1.02. The first-order chi connectivity index (χ1) is 14.1. The molecule has 0 unspecified atom stereocenters. The van der Waals surface area contributed by atoms with Crippen LogP contribution >= 0.6 is 24.0 Å². The number of rotatable bonds is 4. The number of amides is 2. The van der Waals surface area contributed by atoms with Gasteiger partial charge in [0.2, 0.25) is 5.91 Å². The number of thioether (sulfide) groups is 1. The maximum atomic E-state index is 13.4. The molecule has 2 aromatic rings. The third-order valence-electron chi connectivity index (χ3n) is 5.24. The summed E-state index contributed by atoms with van der Waals surface area (Å²) >= 11 is 6.62. The van der Waals surface area contributed by atoms with Gasteiger partial charge in [-0.3, -0.25) is 19.5 Å². The quantitative estimate of drug-likeness (QED) is 0.542. The molecule has 4 heterocycles. The molecule has 2 atom stereocenters. The van der Waals surface area contributed by atoms with Crippen molar-refractivity contribution >= 4 is 46.2 Å². The Kier molecular flexibility index (Phi) is 5.82. The van der Waals surface area contributed by atoms with Gasteiger partial charge in [0.1, 0.15) is 16.1 Å². The molecule has 0 saturated carbocycles. The van der Waals surface area contributed by atoms with E-state index in [0.29, 0.717) is 21.5 Å². The number of piperidine rings is 1. The first kappa shape index (κ1) is 19.8. The highest BCUT2D eigenvalue weighted by Crippen LogP contribution is 2.36. The molecule has 4 rings (SSSR count). The summed E-state index contributed by atoms with van der Waals surface area (Å²) in [6.45, 7) is 2.41. The van der Waals surface area contributed by atoms with Crippen LogP contribution in [0.3, 0.4) is 0 Å². The minimum atomic E-state index is -0.665. The Hall–Kier alpha value is -2.45. The molecule has 29 heavy (non-hydrogen) atoms. The Morgan fingerprint density at radius 2 is 2.24 bits per heavy atom. The number of thiocarbonyl (C=S) groups is 1. The minimum Gasteiger partial charge on any atom is -0.465 e. The number of nitrogens with zero attached hydrogens (tertiary/aromatic N) is 3. The SMILES string of the molecule is C[C@H](C(=O)N1CCCC[C@H]1c1cccnc1)N1C(=O)/C(=C/c2ccco2)SC1=S. The second-order valence-corrected chi connectivity index (χ2v) is 8.75. The highest BCUT2D eigenvalue weighted by molar-refractivity contribution is 8.26. The fourth-order valence-electron chi connectivity index (χ4n) is 3.78. The molecular formula is C21H21N3O3S2. The van der Waals surface area contributed by atoms with E-state index in [-0.39, 0.29) is 17.9 Å². The van der Waals surface area contributed by atoms with Crippen LogP contribution in [0.4, 0.5) is 0 Å². The van der Waals surface area contributed by atoms with Gasteiger partial charge in [0, 0.05) is 25.0 Å². The van der Waals surface area contributed by atoms with Crippen LogP contribution in [0, 0.1) is 0 Å². The van der Waals surface area contributed by atoms with Crippen LogP contribution in [0.2, 0.25) is 0 Å². The van der Waals surface area contributed by atoms with Gasteiger partial charge >= 0.3 is 0 Å². The summed E-state index contributed by atoms with van der Waals surface area (Å²) in [6.07, 6.45) is 9.65. The lowest BCUT2D eigenvalue weighted by atomic mass is 9.95. The van der Waals surface area contributed by atoms with Gasteiger partial charge in [0.25, 0.3) is 5.91 Å². The topological polar surface area (TPSA) is 66.7 Å². The molecule has 0 N–H and O–H groups in total. The van der Waals surface area contributed by atoms with Crippen molar-refractivity contribution in [3.8, 4) is 0 Å². The predicted octanol–water partition coefficient (Wildman–Crippen LogP) is 4.02. The highest BCUT2D eigenvalue weighted by Gasteiger charge is 2.41. The van der Waals surface area contributed by atoms with E-state index in [1.807, 2.05) is 23.2 Å². The largest absolute Gasteiger partial charge is 0.465 e. The average Bonchev–Trinajstić information content (AvgIpc) is 3.35. The maximum Gasteiger partial charge on any atom is 0.267 e. The van der Waals surface area contributed by atoms with Crippen molar-refractivity contribution < 1.29 is 14.0 Å². The predicted molar refractivity (Wildman–Crippen MR) is 116 cm³/mol. The fourth-order valence-corrected chi connectivity index (χ4v) is 5.18. The van der Waals surface area contributed by atoms with Crippen LogP contribution in [0.15, 0.2) is 52.2 Å². The first-order valence-corrected chi connectivity index (χ1v) is 10.8. The van der Waals surface area contributed by atoms with E-state index in [0.717, 1.165) is 24.8 Å². The Morgan fingerprint density at radius 1 is 1.38 bits per heavy atom. The van der Waals surface area contributed by atoms with E-state index in [4.69, 9.17) is 16.6 Å². The van der Waals surface area contributed by atoms with Crippen LogP contribution in [-0.2, 0) is 9.59 Å². The van der Waals surface area contributed by atoms with E-state index in [1.165, 1.54) is 16.7 Å². The lowest BCUT2D eigenvalue weighted by molar-refractivity contribution is -0.142. The molecule has 0 spiro atoms. The zero-order chi connectivity index (χ0) is 20.4. The second kappa shape index (κ2) is 8.51. The van der Waals surface area contributed by atoms with Crippen LogP contribution in [-0.4, -0.2) is 43.5 Å². The van der Waals surface area contributed by atoms with Crippen molar-refractivity contribution in [1.82, 2.24) is 14.8 Å². The monoisotopic (exact) mass is 427 g/mol. The number of furan rings is 1. The Bertz CT molecular complexity index is 943. The molecule has 2 fully saturated rings. The van der Waals surface area contributed by atoms with Crippen molar-refractivity contribution in [2.45, 2.75) is 38.3 Å². The lowest BCUT2D eigenvalue weighted by Crippen LogP contribution is -2.51. The zero-order valence-electron chi connectivity index (χ0n) is 16.0. The third kappa shape index (κ3) is 4.00. The van der Waals surface area contributed by atoms with Crippen molar-refractivity contribution in [2.75, 3.05) is 6.54 Å². The van der Waals surface area contributed by atoms with Crippen LogP contribution in [0.5, 0.6) is 0 Å². The molecule has 0 bridgehead atoms. The van der Waals surface area contributed by atoms with Gasteiger partial charge in [-0.1, -0.05) is 30.0 Å². The highest BCUT2D eigenvalue weighted by atomic mass is 32.2. The number of pyridine rings is 1. The molecule has 0 radical (unpaired) electrons. The summed E-state index contributed by atoms with van der Waals surface area (Å²) < 4.78 is 5.69. The minimum absolute atomic E-state index is 0.0236. The average molecular weight is 428 g/mol. The fraction of sp³-hybridized carbons (Fsp3) is 0.333. The molecule has 6 nitrogen and oxygen atoms in total. The van der Waals surface area contributed by atoms with Gasteiger partial charge in [-0.15, -0.1) is 0 Å². The third-order valence-corrected chi connectivity index (χ3v) is 6.57. The van der Waals surface area contributed by atoms with Crippen molar-refractivity contribution in [3.63, 3.8) is 0 Å². The molecular weight excluding hydrogens is 406 g/mol. The molecule has 8 heteroatoms. The smallest absolute Gasteiger partial charge is 0.267 e. The maximum absolute atomic E-state index is 13.4.